The summed E-state index contributed by atoms with van der Waals surface area (Å²) in [6, 6.07) is 9.98. The average molecular weight is 232 g/mol. The molecule has 1 unspecified atom stereocenters. The fraction of sp³-hybridized carbons (Fsp3) is 0.500. The van der Waals surface area contributed by atoms with Gasteiger partial charge in [0.1, 0.15) is 0 Å². The van der Waals surface area contributed by atoms with E-state index in [9.17, 15) is 4.79 Å². The first kappa shape index (κ1) is 12.1. The molecule has 1 heterocycles. The SMILES string of the molecule is CN1CCCC(C(N)=O)(c2ccccc2)CC1. The van der Waals surface area contributed by atoms with Crippen molar-refractivity contribution in [2.24, 2.45) is 5.73 Å². The molecule has 1 aromatic rings. The lowest BCUT2D eigenvalue weighted by atomic mass is 9.74. The van der Waals surface area contributed by atoms with Gasteiger partial charge >= 0.3 is 0 Å². The Kier molecular flexibility index (Phi) is 3.48. The van der Waals surface area contributed by atoms with Crippen molar-refractivity contribution in [2.75, 3.05) is 20.1 Å². The Bertz CT molecular complexity index is 390. The molecule has 3 nitrogen and oxygen atoms in total. The summed E-state index contributed by atoms with van der Waals surface area (Å²) in [5.41, 5.74) is 6.30. The first-order valence-corrected chi connectivity index (χ1v) is 6.19. The van der Waals surface area contributed by atoms with E-state index >= 15 is 0 Å². The van der Waals surface area contributed by atoms with E-state index < -0.39 is 5.41 Å². The molecule has 1 amide bonds. The largest absolute Gasteiger partial charge is 0.369 e. The lowest BCUT2D eigenvalue weighted by Gasteiger charge is -2.29. The zero-order valence-corrected chi connectivity index (χ0v) is 10.4. The molecule has 0 bridgehead atoms. The summed E-state index contributed by atoms with van der Waals surface area (Å²) in [4.78, 5) is 14.2. The number of primary amides is 1. The molecule has 0 aromatic heterocycles. The van der Waals surface area contributed by atoms with Crippen molar-refractivity contribution in [1.29, 1.82) is 0 Å². The fourth-order valence-corrected chi connectivity index (χ4v) is 2.70. The summed E-state index contributed by atoms with van der Waals surface area (Å²) in [5.74, 6) is -0.181. The molecule has 3 heteroatoms. The molecule has 0 saturated carbocycles. The van der Waals surface area contributed by atoms with Crippen LogP contribution in [0.5, 0.6) is 0 Å². The second-order valence-corrected chi connectivity index (χ2v) is 4.97. The normalized spacial score (nSPS) is 26.4. The van der Waals surface area contributed by atoms with Crippen molar-refractivity contribution in [2.45, 2.75) is 24.7 Å². The Morgan fingerprint density at radius 3 is 2.59 bits per heavy atom. The minimum atomic E-state index is -0.466. The van der Waals surface area contributed by atoms with Crippen LogP contribution in [0, 0.1) is 0 Å². The van der Waals surface area contributed by atoms with Crippen LogP contribution in [0.2, 0.25) is 0 Å². The van der Waals surface area contributed by atoms with E-state index in [1.54, 1.807) is 0 Å². The second kappa shape index (κ2) is 4.88. The molecular formula is C14H20N2O. The van der Waals surface area contributed by atoms with Crippen molar-refractivity contribution in [3.63, 3.8) is 0 Å². The third kappa shape index (κ3) is 2.34. The van der Waals surface area contributed by atoms with E-state index in [4.69, 9.17) is 5.73 Å². The van der Waals surface area contributed by atoms with Crippen LogP contribution >= 0.6 is 0 Å². The number of nitrogens with zero attached hydrogens (tertiary/aromatic N) is 1. The maximum atomic E-state index is 11.9. The van der Waals surface area contributed by atoms with E-state index in [1.807, 2.05) is 30.3 Å². The molecule has 92 valence electrons. The molecular weight excluding hydrogens is 212 g/mol. The van der Waals surface area contributed by atoms with Crippen LogP contribution in [0.3, 0.4) is 0 Å². The highest BCUT2D eigenvalue weighted by Crippen LogP contribution is 2.34. The van der Waals surface area contributed by atoms with Crippen LogP contribution in [0.1, 0.15) is 24.8 Å². The first-order valence-electron chi connectivity index (χ1n) is 6.19. The molecule has 1 aliphatic rings. The number of hydrogen-bond acceptors (Lipinski definition) is 2. The lowest BCUT2D eigenvalue weighted by Crippen LogP contribution is -2.42. The van der Waals surface area contributed by atoms with Gasteiger partial charge in [0, 0.05) is 0 Å². The quantitative estimate of drug-likeness (QED) is 0.840. The second-order valence-electron chi connectivity index (χ2n) is 4.97. The summed E-state index contributed by atoms with van der Waals surface area (Å²) in [6.45, 7) is 1.97. The maximum Gasteiger partial charge on any atom is 0.228 e. The molecule has 2 N–H and O–H groups in total. The predicted octanol–water partition coefficient (Wildman–Crippen LogP) is 1.53. The fourth-order valence-electron chi connectivity index (χ4n) is 2.70. The van der Waals surface area contributed by atoms with Crippen LogP contribution in [-0.4, -0.2) is 30.9 Å². The van der Waals surface area contributed by atoms with Crippen molar-refractivity contribution in [3.05, 3.63) is 35.9 Å². The monoisotopic (exact) mass is 232 g/mol. The van der Waals surface area contributed by atoms with Gasteiger partial charge in [-0.05, 0) is 45.0 Å². The Morgan fingerprint density at radius 1 is 1.24 bits per heavy atom. The molecule has 0 radical (unpaired) electrons. The number of likely N-dealkylation sites (tertiary alicyclic amines) is 1. The van der Waals surface area contributed by atoms with Gasteiger partial charge in [-0.25, -0.2) is 0 Å². The van der Waals surface area contributed by atoms with Gasteiger partial charge in [0.15, 0.2) is 0 Å². The molecule has 0 aliphatic carbocycles. The van der Waals surface area contributed by atoms with Gasteiger partial charge in [-0.2, -0.15) is 0 Å². The lowest BCUT2D eigenvalue weighted by molar-refractivity contribution is -0.124. The highest BCUT2D eigenvalue weighted by Gasteiger charge is 2.39. The van der Waals surface area contributed by atoms with Crippen LogP contribution < -0.4 is 5.73 Å². The van der Waals surface area contributed by atoms with Crippen LogP contribution in [0.4, 0.5) is 0 Å². The maximum absolute atomic E-state index is 11.9. The first-order chi connectivity index (χ1) is 8.15. The summed E-state index contributed by atoms with van der Waals surface area (Å²) >= 11 is 0. The van der Waals surface area contributed by atoms with Gasteiger partial charge in [0.05, 0.1) is 5.41 Å². The standard InChI is InChI=1S/C14H20N2O/c1-16-10-5-8-14(9-11-16,13(15)17)12-6-3-2-4-7-12/h2-4,6-7H,5,8-11H2,1H3,(H2,15,17). The van der Waals surface area contributed by atoms with Gasteiger partial charge in [-0.3, -0.25) is 4.79 Å². The van der Waals surface area contributed by atoms with Crippen LogP contribution in [-0.2, 0) is 10.2 Å². The topological polar surface area (TPSA) is 46.3 Å². The van der Waals surface area contributed by atoms with Gasteiger partial charge < -0.3 is 10.6 Å². The van der Waals surface area contributed by atoms with E-state index in [1.165, 1.54) is 0 Å². The minimum Gasteiger partial charge on any atom is -0.369 e. The Balaban J connectivity index is 2.36. The third-order valence-corrected chi connectivity index (χ3v) is 3.86. The Labute approximate surface area is 103 Å². The summed E-state index contributed by atoms with van der Waals surface area (Å²) in [5, 5.41) is 0. The number of nitrogens with two attached hydrogens (primary N) is 1. The minimum absolute atomic E-state index is 0.181. The number of hydrogen-bond donors (Lipinski definition) is 1. The molecule has 1 atom stereocenters. The molecule has 2 rings (SSSR count). The van der Waals surface area contributed by atoms with Gasteiger partial charge in [0.2, 0.25) is 5.91 Å². The number of rotatable bonds is 2. The summed E-state index contributed by atoms with van der Waals surface area (Å²) in [7, 11) is 2.10. The predicted molar refractivity (Wildman–Crippen MR) is 68.7 cm³/mol. The zero-order chi connectivity index (χ0) is 12.3. The van der Waals surface area contributed by atoms with Crippen molar-refractivity contribution >= 4 is 5.91 Å². The molecule has 0 spiro atoms. The molecule has 1 aliphatic heterocycles. The highest BCUT2D eigenvalue weighted by molar-refractivity contribution is 5.86. The van der Waals surface area contributed by atoms with Crippen molar-refractivity contribution in [3.8, 4) is 0 Å². The van der Waals surface area contributed by atoms with Crippen LogP contribution in [0.25, 0.3) is 0 Å². The molecule has 1 saturated heterocycles. The Hall–Kier alpha value is -1.35. The van der Waals surface area contributed by atoms with E-state index in [0.29, 0.717) is 0 Å². The van der Waals surface area contributed by atoms with E-state index in [2.05, 4.69) is 11.9 Å². The van der Waals surface area contributed by atoms with Gasteiger partial charge in [0.25, 0.3) is 0 Å². The van der Waals surface area contributed by atoms with E-state index in [0.717, 1.165) is 37.9 Å². The third-order valence-electron chi connectivity index (χ3n) is 3.86. The number of amides is 1. The molecule has 17 heavy (non-hydrogen) atoms. The number of benzene rings is 1. The van der Waals surface area contributed by atoms with Gasteiger partial charge in [-0.15, -0.1) is 0 Å². The summed E-state index contributed by atoms with van der Waals surface area (Å²) < 4.78 is 0. The van der Waals surface area contributed by atoms with Gasteiger partial charge in [-0.1, -0.05) is 30.3 Å². The number of carbonyl (C=O) groups is 1. The van der Waals surface area contributed by atoms with Crippen molar-refractivity contribution < 1.29 is 4.79 Å². The van der Waals surface area contributed by atoms with E-state index in [-0.39, 0.29) is 5.91 Å². The highest BCUT2D eigenvalue weighted by atomic mass is 16.1. The zero-order valence-electron chi connectivity index (χ0n) is 10.4. The number of carbonyl (C=O) groups excluding carboxylic acids is 1. The molecule has 1 fully saturated rings. The average Bonchev–Trinajstić information content (AvgIpc) is 2.53. The summed E-state index contributed by atoms with van der Waals surface area (Å²) in [6.07, 6.45) is 2.70. The van der Waals surface area contributed by atoms with Crippen molar-refractivity contribution in [1.82, 2.24) is 4.90 Å². The molecule has 1 aromatic carbocycles. The smallest absolute Gasteiger partial charge is 0.228 e. The van der Waals surface area contributed by atoms with Crippen LogP contribution in [0.15, 0.2) is 30.3 Å². The Morgan fingerprint density at radius 2 is 1.94 bits per heavy atom.